The van der Waals surface area contributed by atoms with Crippen LogP contribution in [0.5, 0.6) is 0 Å². The number of amides is 2. The van der Waals surface area contributed by atoms with Gasteiger partial charge in [-0.1, -0.05) is 30.3 Å². The van der Waals surface area contributed by atoms with Crippen LogP contribution in [-0.2, 0) is 34.2 Å². The smallest absolute Gasteiger partial charge is 0.410 e. The van der Waals surface area contributed by atoms with Crippen LogP contribution in [0.3, 0.4) is 0 Å². The van der Waals surface area contributed by atoms with Gasteiger partial charge < -0.3 is 29.4 Å². The second-order valence-corrected chi connectivity index (χ2v) is 9.26. The SMILES string of the molecule is CCN(CC)C(=O)[C@]1(c2ccccc2)C[C@@H]1CNC(=O)OC(C)OC(=O)C1CC(ON=O)C(O[N+](=O)[O-])C1. The van der Waals surface area contributed by atoms with Gasteiger partial charge >= 0.3 is 12.1 Å². The van der Waals surface area contributed by atoms with Gasteiger partial charge in [0.25, 0.3) is 5.09 Å². The minimum atomic E-state index is -1.27. The van der Waals surface area contributed by atoms with E-state index in [1.807, 2.05) is 44.2 Å². The average molecular weight is 537 g/mol. The summed E-state index contributed by atoms with van der Waals surface area (Å²) in [5.41, 5.74) is 0.167. The highest BCUT2D eigenvalue weighted by Gasteiger charge is 2.61. The quantitative estimate of drug-likeness (QED) is 0.130. The lowest BCUT2D eigenvalue weighted by Gasteiger charge is -2.26. The molecule has 2 fully saturated rings. The molecule has 2 aliphatic carbocycles. The first-order valence-electron chi connectivity index (χ1n) is 12.5. The lowest BCUT2D eigenvalue weighted by atomic mass is 9.91. The molecule has 14 heteroatoms. The Bertz CT molecular complexity index is 1020. The molecule has 0 aromatic heterocycles. The van der Waals surface area contributed by atoms with Crippen LogP contribution in [0.15, 0.2) is 35.7 Å². The fraction of sp³-hybridized carbons (Fsp3) is 0.625. The largest absolute Gasteiger partial charge is 0.425 e. The zero-order valence-corrected chi connectivity index (χ0v) is 21.4. The van der Waals surface area contributed by atoms with E-state index in [0.717, 1.165) is 5.56 Å². The average Bonchev–Trinajstić information content (AvgIpc) is 3.50. The van der Waals surface area contributed by atoms with E-state index >= 15 is 0 Å². The number of alkyl carbamates (subject to hydrolysis) is 1. The van der Waals surface area contributed by atoms with Gasteiger partial charge in [-0.25, -0.2) is 4.79 Å². The molecule has 0 saturated heterocycles. The molecule has 14 nitrogen and oxygen atoms in total. The number of esters is 1. The Morgan fingerprint density at radius 1 is 1.16 bits per heavy atom. The molecule has 0 heterocycles. The van der Waals surface area contributed by atoms with Crippen molar-refractivity contribution in [3.63, 3.8) is 0 Å². The summed E-state index contributed by atoms with van der Waals surface area (Å²) in [6.45, 7) is 6.52. The fourth-order valence-electron chi connectivity index (χ4n) is 5.07. The summed E-state index contributed by atoms with van der Waals surface area (Å²) < 4.78 is 10.3. The van der Waals surface area contributed by atoms with E-state index in [2.05, 4.69) is 20.3 Å². The monoisotopic (exact) mass is 536 g/mol. The van der Waals surface area contributed by atoms with Crippen LogP contribution in [0.25, 0.3) is 0 Å². The summed E-state index contributed by atoms with van der Waals surface area (Å²) in [5, 5.41) is 14.5. The number of ether oxygens (including phenoxy) is 2. The minimum absolute atomic E-state index is 0.0131. The molecule has 2 amide bonds. The van der Waals surface area contributed by atoms with Gasteiger partial charge in [-0.2, -0.15) is 0 Å². The van der Waals surface area contributed by atoms with Crippen molar-refractivity contribution in [1.82, 2.24) is 10.2 Å². The third-order valence-electron chi connectivity index (χ3n) is 7.06. The number of hydrogen-bond donors (Lipinski definition) is 1. The molecular weight excluding hydrogens is 504 g/mol. The molecule has 2 saturated carbocycles. The van der Waals surface area contributed by atoms with Gasteiger partial charge in [0.05, 0.1) is 11.3 Å². The van der Waals surface area contributed by atoms with Gasteiger partial charge in [0.15, 0.2) is 11.4 Å². The van der Waals surface area contributed by atoms with Gasteiger partial charge in [-0.15, -0.1) is 15.0 Å². The zero-order chi connectivity index (χ0) is 27.9. The van der Waals surface area contributed by atoms with Crippen molar-refractivity contribution >= 4 is 18.0 Å². The highest BCUT2D eigenvalue weighted by molar-refractivity contribution is 5.92. The molecule has 1 aromatic rings. The van der Waals surface area contributed by atoms with E-state index < -0.39 is 47.0 Å². The van der Waals surface area contributed by atoms with Crippen molar-refractivity contribution < 1.29 is 38.6 Å². The van der Waals surface area contributed by atoms with E-state index in [1.54, 1.807) is 4.90 Å². The summed E-state index contributed by atoms with van der Waals surface area (Å²) in [7, 11) is 0. The maximum absolute atomic E-state index is 13.4. The number of carbonyl (C=O) groups is 3. The first kappa shape index (κ1) is 28.6. The number of benzene rings is 1. The molecule has 1 N–H and O–H groups in total. The molecule has 2 aliphatic rings. The predicted molar refractivity (Wildman–Crippen MR) is 129 cm³/mol. The topological polar surface area (TPSA) is 176 Å². The first-order chi connectivity index (χ1) is 18.2. The number of carbonyl (C=O) groups excluding carboxylic acids is 3. The molecule has 0 radical (unpaired) electrons. The summed E-state index contributed by atoms with van der Waals surface area (Å²) in [6.07, 6.45) is -4.00. The van der Waals surface area contributed by atoms with E-state index in [9.17, 15) is 29.4 Å². The Morgan fingerprint density at radius 3 is 2.42 bits per heavy atom. The summed E-state index contributed by atoms with van der Waals surface area (Å²) in [4.78, 5) is 70.0. The number of likely N-dealkylation sites (N-methyl/N-ethyl adjacent to an activating group) is 1. The summed E-state index contributed by atoms with van der Waals surface area (Å²) >= 11 is 0. The van der Waals surface area contributed by atoms with Crippen LogP contribution in [-0.4, -0.2) is 66.1 Å². The van der Waals surface area contributed by atoms with Crippen molar-refractivity contribution in [2.24, 2.45) is 17.2 Å². The van der Waals surface area contributed by atoms with Crippen molar-refractivity contribution in [3.8, 4) is 0 Å². The highest BCUT2D eigenvalue weighted by Crippen LogP contribution is 2.55. The molecule has 38 heavy (non-hydrogen) atoms. The van der Waals surface area contributed by atoms with Crippen LogP contribution >= 0.6 is 0 Å². The molecule has 208 valence electrons. The van der Waals surface area contributed by atoms with Crippen LogP contribution in [0.4, 0.5) is 4.79 Å². The highest BCUT2D eigenvalue weighted by atomic mass is 17.0. The number of nitrogens with one attached hydrogen (secondary N) is 1. The Kier molecular flexibility index (Phi) is 9.42. The fourth-order valence-corrected chi connectivity index (χ4v) is 5.07. The Labute approximate surface area is 218 Å². The Morgan fingerprint density at radius 2 is 1.82 bits per heavy atom. The summed E-state index contributed by atoms with van der Waals surface area (Å²) in [5.74, 6) is -1.80. The second kappa shape index (κ2) is 12.5. The predicted octanol–water partition coefficient (Wildman–Crippen LogP) is 2.48. The van der Waals surface area contributed by atoms with Crippen molar-refractivity contribution in [1.29, 1.82) is 0 Å². The van der Waals surface area contributed by atoms with Gasteiger partial charge in [0, 0.05) is 33.0 Å². The Hall–Kier alpha value is -3.97. The van der Waals surface area contributed by atoms with Crippen LogP contribution in [0.2, 0.25) is 0 Å². The lowest BCUT2D eigenvalue weighted by Crippen LogP contribution is -2.41. The van der Waals surface area contributed by atoms with Gasteiger partial charge in [-0.3, -0.25) is 9.59 Å². The first-order valence-corrected chi connectivity index (χ1v) is 12.5. The Balaban J connectivity index is 1.52. The van der Waals surface area contributed by atoms with Crippen molar-refractivity contribution in [2.45, 2.75) is 63.9 Å². The normalized spacial score (nSPS) is 26.4. The molecular formula is C24H32N4O10. The molecule has 0 spiro atoms. The van der Waals surface area contributed by atoms with Crippen LogP contribution in [0.1, 0.15) is 45.6 Å². The number of rotatable bonds is 13. The van der Waals surface area contributed by atoms with E-state index in [1.165, 1.54) is 6.92 Å². The third-order valence-corrected chi connectivity index (χ3v) is 7.06. The van der Waals surface area contributed by atoms with E-state index in [4.69, 9.17) is 9.47 Å². The van der Waals surface area contributed by atoms with Crippen LogP contribution < -0.4 is 5.32 Å². The standard InChI is InChI=1S/C24H32N4O10/c1-4-27(5-2)22(30)24(17-9-7-6-8-10-17)13-18(24)14-25-23(31)36-15(3)35-21(29)16-11-19(37-26-32)20(12-16)38-28(33)34/h6-10,15-16,18-20H,4-5,11-14H2,1-3H3,(H,25,31)/t15?,16?,18-,19?,20?,24+/m1/s1. The third kappa shape index (κ3) is 6.47. The number of hydrogen-bond acceptors (Lipinski definition) is 11. The molecule has 0 aliphatic heterocycles. The number of nitrogens with zero attached hydrogens (tertiary/aromatic N) is 3. The maximum Gasteiger partial charge on any atom is 0.410 e. The lowest BCUT2D eigenvalue weighted by molar-refractivity contribution is -0.770. The second-order valence-electron chi connectivity index (χ2n) is 9.26. The van der Waals surface area contributed by atoms with Gasteiger partial charge in [0.2, 0.25) is 12.2 Å². The maximum atomic E-state index is 13.4. The van der Waals surface area contributed by atoms with E-state index in [-0.39, 0.29) is 31.2 Å². The summed E-state index contributed by atoms with van der Waals surface area (Å²) in [6, 6.07) is 9.44. The molecule has 3 rings (SSSR count). The van der Waals surface area contributed by atoms with Crippen molar-refractivity contribution in [3.05, 3.63) is 50.9 Å². The van der Waals surface area contributed by atoms with Crippen LogP contribution in [0, 0.1) is 26.9 Å². The molecule has 4 unspecified atom stereocenters. The zero-order valence-electron chi connectivity index (χ0n) is 21.4. The van der Waals surface area contributed by atoms with Gasteiger partial charge in [0.1, 0.15) is 6.10 Å². The van der Waals surface area contributed by atoms with Gasteiger partial charge in [-0.05, 0) is 38.2 Å². The molecule has 0 bridgehead atoms. The van der Waals surface area contributed by atoms with Crippen molar-refractivity contribution in [2.75, 3.05) is 19.6 Å². The molecule has 6 atom stereocenters. The molecule has 1 aromatic carbocycles. The minimum Gasteiger partial charge on any atom is -0.425 e. The van der Waals surface area contributed by atoms with E-state index in [0.29, 0.717) is 19.5 Å².